The van der Waals surface area contributed by atoms with E-state index < -0.39 is 17.7 Å². The molecular weight excluding hydrogens is 462 g/mol. The first-order chi connectivity index (χ1) is 15.4. The third-order valence-corrected chi connectivity index (χ3v) is 5.63. The van der Waals surface area contributed by atoms with Crippen molar-refractivity contribution in [3.8, 4) is 11.6 Å². The maximum absolute atomic E-state index is 13.4. The summed E-state index contributed by atoms with van der Waals surface area (Å²) in [6.07, 6.45) is -1.97. The Bertz CT molecular complexity index is 901. The molecule has 6 nitrogen and oxygen atoms in total. The van der Waals surface area contributed by atoms with Crippen LogP contribution in [-0.2, 0) is 6.18 Å². The monoisotopic (exact) mass is 488 g/mol. The number of hydrogen-bond acceptors (Lipinski definition) is 6. The van der Waals surface area contributed by atoms with Crippen molar-refractivity contribution in [2.45, 2.75) is 25.4 Å². The summed E-state index contributed by atoms with van der Waals surface area (Å²) < 4.78 is 59.2. The van der Waals surface area contributed by atoms with Crippen LogP contribution in [0.4, 0.5) is 23.5 Å². The molecule has 1 aromatic carbocycles. The van der Waals surface area contributed by atoms with Gasteiger partial charge in [-0.25, -0.2) is 9.37 Å². The number of nitrogens with one attached hydrogen (secondary N) is 1. The van der Waals surface area contributed by atoms with Crippen LogP contribution in [0.1, 0.15) is 25.0 Å². The highest BCUT2D eigenvalue weighted by molar-refractivity contribution is 5.85. The van der Waals surface area contributed by atoms with Crippen molar-refractivity contribution in [1.29, 1.82) is 0 Å². The lowest BCUT2D eigenvalue weighted by Crippen LogP contribution is -2.39. The Morgan fingerprint density at radius 2 is 1.79 bits per heavy atom. The first kappa shape index (κ1) is 25.5. The molecule has 1 aromatic heterocycles. The molecule has 33 heavy (non-hydrogen) atoms. The Morgan fingerprint density at radius 3 is 2.52 bits per heavy atom. The van der Waals surface area contributed by atoms with Gasteiger partial charge in [0, 0.05) is 44.9 Å². The van der Waals surface area contributed by atoms with E-state index in [0.29, 0.717) is 13.1 Å². The smallest absolute Gasteiger partial charge is 0.433 e. The fourth-order valence-corrected chi connectivity index (χ4v) is 3.96. The van der Waals surface area contributed by atoms with Crippen molar-refractivity contribution in [3.05, 3.63) is 47.8 Å². The summed E-state index contributed by atoms with van der Waals surface area (Å²) >= 11 is 0. The number of rotatable bonds is 5. The number of anilines is 1. The van der Waals surface area contributed by atoms with Gasteiger partial charge in [-0.2, -0.15) is 18.2 Å². The molecule has 2 aromatic rings. The van der Waals surface area contributed by atoms with Crippen LogP contribution in [0.25, 0.3) is 0 Å². The number of ether oxygens (including phenoxy) is 1. The molecule has 0 amide bonds. The standard InChI is InChI=1S/C22H26F4N5O.ClH/c23-17-3-1-4-18(13-17)32-20-14-19(22(24,25)26)28-21(29-20)31-10-5-16(6-11-31)15-30-9-2-7-27-8-12-30;/h1,3-4,13-14,27H,2,5-12,15H2;1H. The summed E-state index contributed by atoms with van der Waals surface area (Å²) in [6.45, 7) is 6.08. The highest BCUT2D eigenvalue weighted by atomic mass is 35.5. The Balaban J connectivity index is 0.00000306. The first-order valence-electron chi connectivity index (χ1n) is 10.8. The van der Waals surface area contributed by atoms with E-state index in [2.05, 4.69) is 20.2 Å². The summed E-state index contributed by atoms with van der Waals surface area (Å²) in [7, 11) is 0. The maximum atomic E-state index is 13.4. The molecule has 0 bridgehead atoms. The van der Waals surface area contributed by atoms with E-state index in [1.54, 1.807) is 4.90 Å². The number of halogens is 5. The lowest BCUT2D eigenvalue weighted by atomic mass is 9.96. The fourth-order valence-electron chi connectivity index (χ4n) is 3.96. The van der Waals surface area contributed by atoms with E-state index in [-0.39, 0.29) is 30.0 Å². The van der Waals surface area contributed by atoms with Gasteiger partial charge < -0.3 is 19.9 Å². The van der Waals surface area contributed by atoms with Crippen LogP contribution in [0.15, 0.2) is 30.3 Å². The van der Waals surface area contributed by atoms with E-state index in [1.165, 1.54) is 24.1 Å². The van der Waals surface area contributed by atoms with Crippen molar-refractivity contribution in [2.75, 3.05) is 50.7 Å². The summed E-state index contributed by atoms with van der Waals surface area (Å²) in [5.74, 6) is 0.631. The van der Waals surface area contributed by atoms with E-state index in [4.69, 9.17) is 4.74 Å². The van der Waals surface area contributed by atoms with Crippen LogP contribution in [-0.4, -0.2) is 60.7 Å². The number of alkyl halides is 3. The van der Waals surface area contributed by atoms with Gasteiger partial charge in [-0.15, -0.1) is 12.4 Å². The lowest BCUT2D eigenvalue weighted by Gasteiger charge is -2.34. The number of piperidine rings is 1. The molecule has 3 heterocycles. The molecule has 2 fully saturated rings. The zero-order valence-corrected chi connectivity index (χ0v) is 18.9. The van der Waals surface area contributed by atoms with E-state index in [9.17, 15) is 17.6 Å². The normalized spacial score (nSPS) is 18.5. The highest BCUT2D eigenvalue weighted by Crippen LogP contribution is 2.33. The molecule has 0 unspecified atom stereocenters. The van der Waals surface area contributed by atoms with Gasteiger partial charge in [-0.05, 0) is 50.4 Å². The molecule has 4 rings (SSSR count). The van der Waals surface area contributed by atoms with Gasteiger partial charge >= 0.3 is 6.18 Å². The summed E-state index contributed by atoms with van der Waals surface area (Å²) in [6, 6.07) is 5.93. The van der Waals surface area contributed by atoms with E-state index >= 15 is 0 Å². The van der Waals surface area contributed by atoms with Crippen LogP contribution < -0.4 is 15.0 Å². The Kier molecular flexibility index (Phi) is 8.72. The van der Waals surface area contributed by atoms with Crippen LogP contribution in [0, 0.1) is 11.7 Å². The molecule has 1 radical (unpaired) electrons. The van der Waals surface area contributed by atoms with Gasteiger partial charge in [-0.3, -0.25) is 0 Å². The average Bonchev–Trinajstić information content (AvgIpc) is 3.02. The molecule has 0 aliphatic carbocycles. The molecule has 0 saturated carbocycles. The molecule has 0 atom stereocenters. The predicted molar refractivity (Wildman–Crippen MR) is 119 cm³/mol. The van der Waals surface area contributed by atoms with Gasteiger partial charge in [-0.1, -0.05) is 6.07 Å². The van der Waals surface area contributed by atoms with Gasteiger partial charge in [0.05, 0.1) is 0 Å². The van der Waals surface area contributed by atoms with Crippen molar-refractivity contribution in [1.82, 2.24) is 20.2 Å². The van der Waals surface area contributed by atoms with Crippen molar-refractivity contribution in [3.63, 3.8) is 0 Å². The second-order valence-electron chi connectivity index (χ2n) is 8.07. The minimum Gasteiger partial charge on any atom is -0.439 e. The topological polar surface area (TPSA) is 53.5 Å². The minimum atomic E-state index is -4.65. The number of hydrogen-bond donors (Lipinski definition) is 1. The van der Waals surface area contributed by atoms with Crippen molar-refractivity contribution < 1.29 is 22.3 Å². The fraction of sp³-hybridized carbons (Fsp3) is 0.500. The highest BCUT2D eigenvalue weighted by Gasteiger charge is 2.35. The zero-order valence-electron chi connectivity index (χ0n) is 18.1. The summed E-state index contributed by atoms with van der Waals surface area (Å²) in [5, 5.41) is 3.39. The first-order valence-corrected chi connectivity index (χ1v) is 10.8. The molecule has 2 aliphatic heterocycles. The zero-order chi connectivity index (χ0) is 22.6. The minimum absolute atomic E-state index is 0. The van der Waals surface area contributed by atoms with Crippen LogP contribution in [0.3, 0.4) is 0 Å². The molecular formula is C22H27ClF4N5O. The summed E-state index contributed by atoms with van der Waals surface area (Å²) in [5.41, 5.74) is -1.08. The van der Waals surface area contributed by atoms with Crippen molar-refractivity contribution in [2.24, 2.45) is 0 Å². The number of benzene rings is 1. The average molecular weight is 489 g/mol. The van der Waals surface area contributed by atoms with Gasteiger partial charge in [0.1, 0.15) is 11.6 Å². The van der Waals surface area contributed by atoms with Gasteiger partial charge in [0.25, 0.3) is 0 Å². The number of aromatic nitrogens is 2. The van der Waals surface area contributed by atoms with Gasteiger partial charge in [0.15, 0.2) is 5.69 Å². The maximum Gasteiger partial charge on any atom is 0.433 e. The SMILES string of the molecule is Cl.Fc1cccc(Oc2cc(C(F)(F)F)nc(N3CC[C](CN4CCCNCC4)CC3)n2)c1. The Morgan fingerprint density at radius 1 is 1.00 bits per heavy atom. The van der Waals surface area contributed by atoms with Gasteiger partial charge in [0.2, 0.25) is 11.8 Å². The van der Waals surface area contributed by atoms with Crippen LogP contribution in [0.2, 0.25) is 0 Å². The summed E-state index contributed by atoms with van der Waals surface area (Å²) in [4.78, 5) is 12.1. The molecule has 181 valence electrons. The van der Waals surface area contributed by atoms with Crippen molar-refractivity contribution >= 4 is 18.4 Å². The largest absolute Gasteiger partial charge is 0.439 e. The third kappa shape index (κ3) is 7.15. The molecule has 2 saturated heterocycles. The quantitative estimate of drug-likeness (QED) is 0.633. The molecule has 2 aliphatic rings. The Labute approximate surface area is 196 Å². The second kappa shape index (κ2) is 11.3. The third-order valence-electron chi connectivity index (χ3n) is 5.63. The molecule has 0 spiro atoms. The molecule has 11 heteroatoms. The molecule has 1 N–H and O–H groups in total. The predicted octanol–water partition coefficient (Wildman–Crippen LogP) is 4.32. The van der Waals surface area contributed by atoms with Crippen LogP contribution in [0.5, 0.6) is 11.6 Å². The number of nitrogens with zero attached hydrogens (tertiary/aromatic N) is 4. The van der Waals surface area contributed by atoms with Crippen LogP contribution >= 0.6 is 12.4 Å². The Hall–Kier alpha value is -2.17. The van der Waals surface area contributed by atoms with E-state index in [1.807, 2.05) is 0 Å². The second-order valence-corrected chi connectivity index (χ2v) is 8.07. The lowest BCUT2D eigenvalue weighted by molar-refractivity contribution is -0.141. The van der Waals surface area contributed by atoms with E-state index in [0.717, 1.165) is 64.1 Å².